The predicted molar refractivity (Wildman–Crippen MR) is 114 cm³/mol. The summed E-state index contributed by atoms with van der Waals surface area (Å²) in [5.74, 6) is 0.445. The molecular weight excluding hydrogens is 424 g/mol. The van der Waals surface area contributed by atoms with E-state index in [1.807, 2.05) is 66.7 Å². The lowest BCUT2D eigenvalue weighted by atomic mass is 10.1. The molecule has 27 heavy (non-hydrogen) atoms. The van der Waals surface area contributed by atoms with Crippen molar-refractivity contribution in [1.29, 1.82) is 0 Å². The van der Waals surface area contributed by atoms with Crippen molar-refractivity contribution < 1.29 is 4.79 Å². The number of hydrogen-bond donors (Lipinski definition) is 0. The van der Waals surface area contributed by atoms with Gasteiger partial charge in [0.2, 0.25) is 0 Å². The molecule has 0 spiro atoms. The summed E-state index contributed by atoms with van der Waals surface area (Å²) < 4.78 is 0.898. The van der Waals surface area contributed by atoms with Crippen molar-refractivity contribution in [3.8, 4) is 0 Å². The van der Waals surface area contributed by atoms with Crippen molar-refractivity contribution >= 4 is 51.0 Å². The van der Waals surface area contributed by atoms with Crippen molar-refractivity contribution in [2.24, 2.45) is 4.99 Å². The predicted octanol–water partition coefficient (Wildman–Crippen LogP) is 5.94. The normalized spacial score (nSPS) is 15.3. The molecule has 132 valence electrons. The Labute approximate surface area is 170 Å². The summed E-state index contributed by atoms with van der Waals surface area (Å²) in [5.41, 5.74) is 2.90. The van der Waals surface area contributed by atoms with E-state index in [1.165, 1.54) is 0 Å². The maximum atomic E-state index is 13.2. The molecule has 0 unspecified atom stereocenters. The number of nitrogens with zero attached hydrogens (tertiary/aromatic N) is 2. The van der Waals surface area contributed by atoms with Gasteiger partial charge in [-0.1, -0.05) is 76.1 Å². The fourth-order valence-electron chi connectivity index (χ4n) is 2.87. The number of amides is 1. The molecular formula is C22H14BrClN2O. The van der Waals surface area contributed by atoms with E-state index in [0.717, 1.165) is 21.3 Å². The zero-order valence-electron chi connectivity index (χ0n) is 14.1. The van der Waals surface area contributed by atoms with Crippen LogP contribution >= 0.6 is 27.5 Å². The summed E-state index contributed by atoms with van der Waals surface area (Å²) in [6.07, 6.45) is 1.78. The number of rotatable bonds is 3. The highest BCUT2D eigenvalue weighted by molar-refractivity contribution is 9.10. The van der Waals surface area contributed by atoms with Crippen LogP contribution in [-0.4, -0.2) is 11.7 Å². The van der Waals surface area contributed by atoms with Crippen LogP contribution in [0.2, 0.25) is 5.02 Å². The highest BCUT2D eigenvalue weighted by atomic mass is 79.9. The van der Waals surface area contributed by atoms with Gasteiger partial charge in [0, 0.05) is 15.1 Å². The molecule has 3 aromatic rings. The molecule has 3 nitrogen and oxygen atoms in total. The van der Waals surface area contributed by atoms with Crippen LogP contribution in [0.5, 0.6) is 0 Å². The number of halogens is 2. The number of hydrogen-bond acceptors (Lipinski definition) is 2. The first-order chi connectivity index (χ1) is 13.1. The molecule has 0 atom stereocenters. The summed E-state index contributed by atoms with van der Waals surface area (Å²) >= 11 is 9.43. The summed E-state index contributed by atoms with van der Waals surface area (Å²) in [5, 5.41) is 0.652. The van der Waals surface area contributed by atoms with Gasteiger partial charge in [-0.05, 0) is 42.0 Å². The third-order valence-electron chi connectivity index (χ3n) is 4.13. The Kier molecular flexibility index (Phi) is 4.92. The van der Waals surface area contributed by atoms with Gasteiger partial charge in [-0.15, -0.1) is 0 Å². The van der Waals surface area contributed by atoms with Gasteiger partial charge in [0.25, 0.3) is 5.91 Å². The lowest BCUT2D eigenvalue weighted by Crippen LogP contribution is -2.32. The van der Waals surface area contributed by atoms with E-state index in [9.17, 15) is 4.79 Å². The Balaban J connectivity index is 1.82. The highest BCUT2D eigenvalue weighted by Crippen LogP contribution is 2.29. The molecule has 0 radical (unpaired) electrons. The topological polar surface area (TPSA) is 32.7 Å². The molecule has 5 heteroatoms. The van der Waals surface area contributed by atoms with Gasteiger partial charge in [-0.3, -0.25) is 9.69 Å². The van der Waals surface area contributed by atoms with Crippen LogP contribution in [0.4, 0.5) is 5.69 Å². The Morgan fingerprint density at radius 2 is 1.67 bits per heavy atom. The molecule has 4 rings (SSSR count). The highest BCUT2D eigenvalue weighted by Gasteiger charge is 2.32. The summed E-state index contributed by atoms with van der Waals surface area (Å²) in [6, 6.07) is 24.6. The van der Waals surface area contributed by atoms with E-state index in [-0.39, 0.29) is 5.91 Å². The Morgan fingerprint density at radius 1 is 0.926 bits per heavy atom. The van der Waals surface area contributed by atoms with Crippen LogP contribution in [0.25, 0.3) is 6.08 Å². The summed E-state index contributed by atoms with van der Waals surface area (Å²) in [6.45, 7) is 0. The summed E-state index contributed by atoms with van der Waals surface area (Å²) in [4.78, 5) is 19.5. The van der Waals surface area contributed by atoms with Crippen LogP contribution in [0, 0.1) is 0 Å². The van der Waals surface area contributed by atoms with E-state index in [2.05, 4.69) is 20.9 Å². The molecule has 1 amide bonds. The van der Waals surface area contributed by atoms with Gasteiger partial charge in [0.05, 0.1) is 5.69 Å². The largest absolute Gasteiger partial charge is 0.282 e. The van der Waals surface area contributed by atoms with E-state index < -0.39 is 0 Å². The summed E-state index contributed by atoms with van der Waals surface area (Å²) in [7, 11) is 0. The van der Waals surface area contributed by atoms with Crippen molar-refractivity contribution in [1.82, 2.24) is 0 Å². The molecule has 0 bridgehead atoms. The molecule has 3 aromatic carbocycles. The number of aliphatic imine (C=N–C) groups is 1. The number of anilines is 1. The number of carbonyl (C=O) groups is 1. The lowest BCUT2D eigenvalue weighted by molar-refractivity contribution is -0.113. The molecule has 1 heterocycles. The van der Waals surface area contributed by atoms with Gasteiger partial charge >= 0.3 is 0 Å². The Bertz CT molecular complexity index is 1060. The van der Waals surface area contributed by atoms with Crippen LogP contribution in [0.1, 0.15) is 11.1 Å². The fraction of sp³-hybridized carbons (Fsp3) is 0. The minimum atomic E-state index is -0.165. The van der Waals surface area contributed by atoms with Crippen molar-refractivity contribution in [2.45, 2.75) is 0 Å². The maximum absolute atomic E-state index is 13.2. The van der Waals surface area contributed by atoms with Crippen LogP contribution in [0.15, 0.2) is 94.0 Å². The Morgan fingerprint density at radius 3 is 2.37 bits per heavy atom. The molecule has 0 aliphatic carbocycles. The second-order valence-corrected chi connectivity index (χ2v) is 7.36. The van der Waals surface area contributed by atoms with Gasteiger partial charge in [-0.2, -0.15) is 0 Å². The molecule has 0 N–H and O–H groups in total. The quantitative estimate of drug-likeness (QED) is 0.467. The lowest BCUT2D eigenvalue weighted by Gasteiger charge is -2.18. The maximum Gasteiger partial charge on any atom is 0.282 e. The van der Waals surface area contributed by atoms with Gasteiger partial charge < -0.3 is 0 Å². The monoisotopic (exact) mass is 436 g/mol. The average Bonchev–Trinajstić information content (AvgIpc) is 3.01. The SMILES string of the molecule is O=C1/C(=C\c2ccc(Cl)cc2)N=C(c2ccccc2)N1c1cccc(Br)c1. The zero-order chi connectivity index (χ0) is 18.8. The number of carbonyl (C=O) groups excluding carboxylic acids is 1. The third kappa shape index (κ3) is 3.72. The molecule has 0 saturated carbocycles. The van der Waals surface area contributed by atoms with Crippen LogP contribution in [-0.2, 0) is 4.79 Å². The standard InChI is InChI=1S/C22H14BrClN2O/c23-17-7-4-8-19(14-17)26-21(16-5-2-1-3-6-16)25-20(22(26)27)13-15-9-11-18(24)12-10-15/h1-14H/b20-13+. The molecule has 0 fully saturated rings. The van der Waals surface area contributed by atoms with E-state index in [4.69, 9.17) is 11.6 Å². The number of amidine groups is 1. The molecule has 1 aliphatic heterocycles. The van der Waals surface area contributed by atoms with Gasteiger partial charge in [-0.25, -0.2) is 4.99 Å². The van der Waals surface area contributed by atoms with Crippen LogP contribution in [0.3, 0.4) is 0 Å². The van der Waals surface area contributed by atoms with E-state index in [1.54, 1.807) is 23.1 Å². The second-order valence-electron chi connectivity index (χ2n) is 6.00. The smallest absolute Gasteiger partial charge is 0.266 e. The average molecular weight is 438 g/mol. The zero-order valence-corrected chi connectivity index (χ0v) is 16.5. The minimum Gasteiger partial charge on any atom is -0.266 e. The first kappa shape index (κ1) is 17.7. The molecule has 0 aromatic heterocycles. The number of benzene rings is 3. The molecule has 0 saturated heterocycles. The van der Waals surface area contributed by atoms with Gasteiger partial charge in [0.15, 0.2) is 0 Å². The van der Waals surface area contributed by atoms with E-state index >= 15 is 0 Å². The first-order valence-corrected chi connectivity index (χ1v) is 9.50. The van der Waals surface area contributed by atoms with Gasteiger partial charge in [0.1, 0.15) is 11.5 Å². The van der Waals surface area contributed by atoms with Crippen LogP contribution < -0.4 is 4.90 Å². The first-order valence-electron chi connectivity index (χ1n) is 8.33. The van der Waals surface area contributed by atoms with E-state index in [0.29, 0.717) is 16.6 Å². The van der Waals surface area contributed by atoms with Crippen molar-refractivity contribution in [3.63, 3.8) is 0 Å². The Hall–Kier alpha value is -2.69. The fourth-order valence-corrected chi connectivity index (χ4v) is 3.38. The molecule has 1 aliphatic rings. The second kappa shape index (κ2) is 7.51. The minimum absolute atomic E-state index is 0.165. The third-order valence-corrected chi connectivity index (χ3v) is 4.88. The van der Waals surface area contributed by atoms with Crippen molar-refractivity contribution in [3.05, 3.63) is 105 Å². The van der Waals surface area contributed by atoms with Crippen molar-refractivity contribution in [2.75, 3.05) is 4.90 Å².